The number of fused-ring (bicyclic) bond motifs is 1. The van der Waals surface area contributed by atoms with E-state index in [1.165, 1.54) is 0 Å². The Morgan fingerprint density at radius 3 is 2.85 bits per heavy atom. The minimum absolute atomic E-state index is 0.163. The fraction of sp³-hybridized carbons (Fsp3) is 0.182. The van der Waals surface area contributed by atoms with E-state index in [0.29, 0.717) is 0 Å². The monoisotopic (exact) mass is 174 g/mol. The number of carbonyl (C=O) groups is 1. The smallest absolute Gasteiger partial charge is 0.244 e. The highest BCUT2D eigenvalue weighted by molar-refractivity contribution is 5.95. The molecule has 1 heterocycles. The van der Waals surface area contributed by atoms with Crippen molar-refractivity contribution in [3.63, 3.8) is 0 Å². The lowest BCUT2D eigenvalue weighted by Crippen LogP contribution is -3.07. The Bertz CT molecular complexity index is 393. The molecule has 13 heavy (non-hydrogen) atoms. The van der Waals surface area contributed by atoms with Gasteiger partial charge in [0, 0.05) is 0 Å². The molecule has 0 aliphatic carbocycles. The van der Waals surface area contributed by atoms with E-state index >= 15 is 0 Å². The minimum atomic E-state index is 0.163. The zero-order valence-corrected chi connectivity index (χ0v) is 7.79. The number of carbonyl (C=O) groups excluding carboxylic acids is 1. The van der Waals surface area contributed by atoms with E-state index in [-0.39, 0.29) is 5.91 Å². The van der Waals surface area contributed by atoms with Crippen molar-refractivity contribution >= 4 is 12.0 Å². The number of hydrogen-bond donors (Lipinski definition) is 1. The normalized spacial score (nSPS) is 20.2. The Morgan fingerprint density at radius 2 is 2.08 bits per heavy atom. The molecule has 1 N–H and O–H groups in total. The molecule has 0 bridgehead atoms. The summed E-state index contributed by atoms with van der Waals surface area (Å²) in [5.41, 5.74) is 2.96. The Balaban J connectivity index is 2.67. The average molecular weight is 174 g/mol. The van der Waals surface area contributed by atoms with Gasteiger partial charge < -0.3 is 0 Å². The van der Waals surface area contributed by atoms with Crippen LogP contribution < -0.4 is 4.90 Å². The molecular weight excluding hydrogens is 162 g/mol. The summed E-state index contributed by atoms with van der Waals surface area (Å²) in [4.78, 5) is 12.6. The Kier molecular flexibility index (Phi) is 1.78. The van der Waals surface area contributed by atoms with Gasteiger partial charge in [-0.1, -0.05) is 18.2 Å². The van der Waals surface area contributed by atoms with E-state index in [0.717, 1.165) is 21.6 Å². The predicted molar refractivity (Wildman–Crippen MR) is 51.4 cm³/mol. The van der Waals surface area contributed by atoms with Gasteiger partial charge in [-0.3, -0.25) is 0 Å². The molecule has 1 atom stereocenters. The molecule has 0 saturated carbocycles. The fourth-order valence-electron chi connectivity index (χ4n) is 1.63. The Labute approximate surface area is 77.5 Å². The first-order chi connectivity index (χ1) is 6.20. The summed E-state index contributed by atoms with van der Waals surface area (Å²) in [6.45, 7) is 1.98. The topological polar surface area (TPSA) is 21.5 Å². The number of benzene rings is 1. The van der Waals surface area contributed by atoms with Crippen molar-refractivity contribution in [1.82, 2.24) is 0 Å². The first-order valence-corrected chi connectivity index (χ1v) is 4.36. The number of rotatable bonds is 0. The van der Waals surface area contributed by atoms with Crippen LogP contribution in [-0.2, 0) is 0 Å². The van der Waals surface area contributed by atoms with Crippen molar-refractivity contribution in [3.05, 3.63) is 41.1 Å². The van der Waals surface area contributed by atoms with Crippen LogP contribution in [-0.4, -0.2) is 13.0 Å². The number of amides is 1. The lowest BCUT2D eigenvalue weighted by atomic mass is 9.99. The first-order valence-electron chi connectivity index (χ1n) is 4.36. The van der Waals surface area contributed by atoms with Gasteiger partial charge in [-0.15, -0.1) is 0 Å². The summed E-state index contributed by atoms with van der Waals surface area (Å²) in [5, 5.41) is 0. The molecule has 0 radical (unpaired) electrons. The Hall–Kier alpha value is -1.41. The maximum Gasteiger partial charge on any atom is 0.349 e. The van der Waals surface area contributed by atoms with Gasteiger partial charge in [0.25, 0.3) is 0 Å². The molecule has 1 aromatic carbocycles. The predicted octanol–water partition coefficient (Wildman–Crippen LogP) is 0.634. The van der Waals surface area contributed by atoms with Crippen LogP contribution in [0.3, 0.4) is 0 Å². The largest absolute Gasteiger partial charge is 0.349 e. The fourth-order valence-corrected chi connectivity index (χ4v) is 1.63. The third-order valence-electron chi connectivity index (χ3n) is 2.40. The van der Waals surface area contributed by atoms with E-state index < -0.39 is 0 Å². The first kappa shape index (κ1) is 8.20. The molecule has 0 spiro atoms. The zero-order chi connectivity index (χ0) is 9.42. The number of quaternary nitrogens is 1. The molecule has 2 rings (SSSR count). The second kappa shape index (κ2) is 2.82. The van der Waals surface area contributed by atoms with Crippen LogP contribution in [0.1, 0.15) is 21.5 Å². The van der Waals surface area contributed by atoms with Gasteiger partial charge in [0.1, 0.15) is 6.20 Å². The van der Waals surface area contributed by atoms with Crippen LogP contribution in [0.5, 0.6) is 0 Å². The maximum atomic E-state index is 11.7. The molecule has 1 aromatic rings. The van der Waals surface area contributed by atoms with Gasteiger partial charge in [-0.05, 0) is 24.1 Å². The SMILES string of the molecule is Cc1cccc2c1C(=O)[NH+](C)C=C2. The average Bonchev–Trinajstić information content (AvgIpc) is 2.12. The van der Waals surface area contributed by atoms with Gasteiger partial charge in [0.15, 0.2) is 0 Å². The highest BCUT2D eigenvalue weighted by atomic mass is 16.2. The van der Waals surface area contributed by atoms with Gasteiger partial charge in [0.2, 0.25) is 0 Å². The number of hydrogen-bond acceptors (Lipinski definition) is 1. The molecule has 0 aromatic heterocycles. The molecule has 0 saturated heterocycles. The summed E-state index contributed by atoms with van der Waals surface area (Å²) in [6, 6.07) is 5.93. The zero-order valence-electron chi connectivity index (χ0n) is 7.79. The molecule has 0 fully saturated rings. The summed E-state index contributed by atoms with van der Waals surface area (Å²) < 4.78 is 0. The van der Waals surface area contributed by atoms with E-state index in [1.54, 1.807) is 0 Å². The lowest BCUT2D eigenvalue weighted by Gasteiger charge is -2.14. The third kappa shape index (κ3) is 1.19. The van der Waals surface area contributed by atoms with Gasteiger partial charge in [-0.25, -0.2) is 9.69 Å². The summed E-state index contributed by atoms with van der Waals surface area (Å²) in [6.07, 6.45) is 3.88. The highest BCUT2D eigenvalue weighted by Gasteiger charge is 2.23. The molecule has 1 aliphatic heterocycles. The van der Waals surface area contributed by atoms with E-state index in [9.17, 15) is 4.79 Å². The van der Waals surface area contributed by atoms with E-state index in [4.69, 9.17) is 0 Å². The quantitative estimate of drug-likeness (QED) is 0.612. The van der Waals surface area contributed by atoms with Crippen LogP contribution in [0.4, 0.5) is 0 Å². The van der Waals surface area contributed by atoms with Gasteiger partial charge >= 0.3 is 5.91 Å². The van der Waals surface area contributed by atoms with Crippen LogP contribution in [0.25, 0.3) is 6.08 Å². The van der Waals surface area contributed by atoms with Crippen molar-refractivity contribution in [2.75, 3.05) is 7.05 Å². The van der Waals surface area contributed by atoms with Crippen molar-refractivity contribution < 1.29 is 9.69 Å². The molecule has 1 aliphatic rings. The number of nitrogens with one attached hydrogen (secondary N) is 1. The van der Waals surface area contributed by atoms with E-state index in [1.807, 2.05) is 44.4 Å². The second-order valence-corrected chi connectivity index (χ2v) is 3.38. The number of aryl methyl sites for hydroxylation is 1. The van der Waals surface area contributed by atoms with Crippen molar-refractivity contribution in [1.29, 1.82) is 0 Å². The Morgan fingerprint density at radius 1 is 1.31 bits per heavy atom. The lowest BCUT2D eigenvalue weighted by molar-refractivity contribution is -0.731. The van der Waals surface area contributed by atoms with Crippen LogP contribution >= 0.6 is 0 Å². The molecule has 2 heteroatoms. The van der Waals surface area contributed by atoms with Crippen molar-refractivity contribution in [3.8, 4) is 0 Å². The van der Waals surface area contributed by atoms with Crippen molar-refractivity contribution in [2.24, 2.45) is 0 Å². The highest BCUT2D eigenvalue weighted by Crippen LogP contribution is 2.16. The van der Waals surface area contributed by atoms with E-state index in [2.05, 4.69) is 0 Å². The molecular formula is C11H12NO+. The second-order valence-electron chi connectivity index (χ2n) is 3.38. The molecule has 66 valence electrons. The van der Waals surface area contributed by atoms with Crippen LogP contribution in [0.15, 0.2) is 24.4 Å². The van der Waals surface area contributed by atoms with Gasteiger partial charge in [-0.2, -0.15) is 0 Å². The molecule has 2 nitrogen and oxygen atoms in total. The maximum absolute atomic E-state index is 11.7. The molecule has 1 amide bonds. The van der Waals surface area contributed by atoms with Crippen LogP contribution in [0, 0.1) is 6.92 Å². The summed E-state index contributed by atoms with van der Waals surface area (Å²) >= 11 is 0. The van der Waals surface area contributed by atoms with Crippen LogP contribution in [0.2, 0.25) is 0 Å². The summed E-state index contributed by atoms with van der Waals surface area (Å²) in [5.74, 6) is 0.163. The summed E-state index contributed by atoms with van der Waals surface area (Å²) in [7, 11) is 1.86. The standard InChI is InChI=1S/C11H11NO/c1-8-4-3-5-9-6-7-12(2)11(13)10(8)9/h3-7H,1-2H3/p+1. The minimum Gasteiger partial charge on any atom is -0.244 e. The molecule has 1 unspecified atom stereocenters. The van der Waals surface area contributed by atoms with Gasteiger partial charge in [0.05, 0.1) is 12.6 Å². The third-order valence-corrected chi connectivity index (χ3v) is 2.40. The van der Waals surface area contributed by atoms with Crippen molar-refractivity contribution in [2.45, 2.75) is 6.92 Å².